The lowest BCUT2D eigenvalue weighted by Crippen LogP contribution is -2.50. The zero-order chi connectivity index (χ0) is 25.2. The molecular formula is C29H37ClN4O2. The Labute approximate surface area is 219 Å². The number of anilines is 3. The summed E-state index contributed by atoms with van der Waals surface area (Å²) < 4.78 is 0. The third-order valence-electron chi connectivity index (χ3n) is 8.10. The molecule has 1 aliphatic carbocycles. The number of carbonyl (C=O) groups excluding carboxylic acids is 2. The minimum Gasteiger partial charge on any atom is -0.378 e. The highest BCUT2D eigenvalue weighted by Crippen LogP contribution is 2.41. The number of nitrogens with zero attached hydrogens (tertiary/aromatic N) is 3. The second kappa shape index (κ2) is 10.7. The van der Waals surface area contributed by atoms with Crippen molar-refractivity contribution in [1.82, 2.24) is 4.90 Å². The monoisotopic (exact) mass is 508 g/mol. The molecule has 2 fully saturated rings. The van der Waals surface area contributed by atoms with Gasteiger partial charge in [0, 0.05) is 72.7 Å². The number of nitrogens with one attached hydrogen (secondary N) is 1. The van der Waals surface area contributed by atoms with E-state index in [9.17, 15) is 9.59 Å². The standard InChI is InChI=1S/C29H37ClN4O2/c1-20-18-27(31-24-10-8-23(30)9-11-24)26-19-25(12-13-28(26)34(20)21(2)35)32-14-16-33(17-15-32)29(36)22-6-4-3-5-7-22/h8-13,19-20,22,27,31H,3-7,14-18H2,1-2H3. The zero-order valence-electron chi connectivity index (χ0n) is 21.4. The van der Waals surface area contributed by atoms with Crippen LogP contribution in [-0.4, -0.2) is 48.9 Å². The molecule has 3 aliphatic rings. The van der Waals surface area contributed by atoms with Crippen LogP contribution in [0.5, 0.6) is 0 Å². The molecule has 2 amide bonds. The van der Waals surface area contributed by atoms with E-state index in [2.05, 4.69) is 40.2 Å². The quantitative estimate of drug-likeness (QED) is 0.561. The Balaban J connectivity index is 1.34. The number of halogens is 1. The third kappa shape index (κ3) is 5.19. The Bertz CT molecular complexity index is 1090. The van der Waals surface area contributed by atoms with Crippen molar-refractivity contribution >= 4 is 40.5 Å². The van der Waals surface area contributed by atoms with Gasteiger partial charge in [0.05, 0.1) is 6.04 Å². The molecule has 1 N–H and O–H groups in total. The van der Waals surface area contributed by atoms with Crippen LogP contribution >= 0.6 is 11.6 Å². The Morgan fingerprint density at radius 3 is 2.31 bits per heavy atom. The van der Waals surface area contributed by atoms with Crippen molar-refractivity contribution in [2.75, 3.05) is 41.3 Å². The molecule has 0 radical (unpaired) electrons. The van der Waals surface area contributed by atoms with Gasteiger partial charge < -0.3 is 20.0 Å². The first-order valence-corrected chi connectivity index (χ1v) is 13.8. The van der Waals surface area contributed by atoms with Crippen molar-refractivity contribution in [3.05, 3.63) is 53.1 Å². The molecule has 2 heterocycles. The number of rotatable bonds is 4. The lowest BCUT2D eigenvalue weighted by Gasteiger charge is -2.41. The summed E-state index contributed by atoms with van der Waals surface area (Å²) in [5.41, 5.74) is 4.28. The summed E-state index contributed by atoms with van der Waals surface area (Å²) >= 11 is 6.09. The fourth-order valence-corrected chi connectivity index (χ4v) is 6.33. The number of amides is 2. The SMILES string of the molecule is CC(=O)N1c2ccc(N3CCN(C(=O)C4CCCCC4)CC3)cc2C(Nc2ccc(Cl)cc2)CC1C. The molecule has 5 rings (SSSR count). The number of hydrogen-bond acceptors (Lipinski definition) is 4. The third-order valence-corrected chi connectivity index (χ3v) is 8.35. The molecule has 2 atom stereocenters. The van der Waals surface area contributed by atoms with Crippen LogP contribution in [0.25, 0.3) is 0 Å². The lowest BCUT2D eigenvalue weighted by atomic mass is 9.88. The van der Waals surface area contributed by atoms with E-state index < -0.39 is 0 Å². The van der Waals surface area contributed by atoms with Crippen LogP contribution in [0, 0.1) is 5.92 Å². The maximum atomic E-state index is 13.0. The van der Waals surface area contributed by atoms with Crippen LogP contribution in [0.4, 0.5) is 17.1 Å². The van der Waals surface area contributed by atoms with Gasteiger partial charge in [0.25, 0.3) is 0 Å². The molecule has 0 bridgehead atoms. The normalized spacial score (nSPS) is 22.8. The number of fused-ring (bicyclic) bond motifs is 1. The summed E-state index contributed by atoms with van der Waals surface area (Å²) in [5, 5.41) is 4.39. The van der Waals surface area contributed by atoms with Crippen LogP contribution in [0.2, 0.25) is 5.02 Å². The van der Waals surface area contributed by atoms with Crippen molar-refractivity contribution < 1.29 is 9.59 Å². The number of hydrogen-bond donors (Lipinski definition) is 1. The van der Waals surface area contributed by atoms with E-state index in [1.807, 2.05) is 29.2 Å². The van der Waals surface area contributed by atoms with Gasteiger partial charge in [-0.05, 0) is 68.7 Å². The van der Waals surface area contributed by atoms with Gasteiger partial charge in [0.15, 0.2) is 0 Å². The predicted octanol–water partition coefficient (Wildman–Crippen LogP) is 5.87. The van der Waals surface area contributed by atoms with E-state index in [-0.39, 0.29) is 23.9 Å². The molecule has 6 nitrogen and oxygen atoms in total. The molecule has 36 heavy (non-hydrogen) atoms. The van der Waals surface area contributed by atoms with Crippen LogP contribution in [0.15, 0.2) is 42.5 Å². The van der Waals surface area contributed by atoms with Gasteiger partial charge in [-0.15, -0.1) is 0 Å². The highest BCUT2D eigenvalue weighted by molar-refractivity contribution is 6.30. The molecule has 2 aromatic carbocycles. The predicted molar refractivity (Wildman–Crippen MR) is 147 cm³/mol. The topological polar surface area (TPSA) is 55.9 Å². The van der Waals surface area contributed by atoms with Gasteiger partial charge in [-0.2, -0.15) is 0 Å². The second-order valence-electron chi connectivity index (χ2n) is 10.6. The summed E-state index contributed by atoms with van der Waals surface area (Å²) in [6.45, 7) is 6.96. The van der Waals surface area contributed by atoms with Crippen molar-refractivity contribution in [3.63, 3.8) is 0 Å². The first kappa shape index (κ1) is 24.9. The van der Waals surface area contributed by atoms with Crippen LogP contribution in [0.3, 0.4) is 0 Å². The van der Waals surface area contributed by atoms with E-state index >= 15 is 0 Å². The zero-order valence-corrected chi connectivity index (χ0v) is 22.1. The molecule has 2 aromatic rings. The molecule has 0 aromatic heterocycles. The second-order valence-corrected chi connectivity index (χ2v) is 11.0. The molecule has 1 saturated carbocycles. The van der Waals surface area contributed by atoms with E-state index in [0.29, 0.717) is 10.9 Å². The molecule has 1 saturated heterocycles. The Morgan fingerprint density at radius 1 is 0.944 bits per heavy atom. The molecule has 7 heteroatoms. The van der Waals surface area contributed by atoms with E-state index in [1.165, 1.54) is 19.3 Å². The van der Waals surface area contributed by atoms with E-state index in [4.69, 9.17) is 11.6 Å². The van der Waals surface area contributed by atoms with Crippen molar-refractivity contribution in [1.29, 1.82) is 0 Å². The fourth-order valence-electron chi connectivity index (χ4n) is 6.20. The Morgan fingerprint density at radius 2 is 1.64 bits per heavy atom. The van der Waals surface area contributed by atoms with Gasteiger partial charge >= 0.3 is 0 Å². The Hall–Kier alpha value is -2.73. The van der Waals surface area contributed by atoms with Crippen molar-refractivity contribution in [3.8, 4) is 0 Å². The molecule has 2 unspecified atom stereocenters. The molecule has 192 valence electrons. The largest absolute Gasteiger partial charge is 0.378 e. The number of carbonyl (C=O) groups is 2. The van der Waals surface area contributed by atoms with Crippen molar-refractivity contribution in [2.24, 2.45) is 5.92 Å². The average Bonchev–Trinajstić information content (AvgIpc) is 2.90. The van der Waals surface area contributed by atoms with Gasteiger partial charge in [0.1, 0.15) is 0 Å². The van der Waals surface area contributed by atoms with Gasteiger partial charge in [-0.3, -0.25) is 9.59 Å². The highest BCUT2D eigenvalue weighted by Gasteiger charge is 2.34. The maximum absolute atomic E-state index is 13.0. The Kier molecular flexibility index (Phi) is 7.42. The minimum absolute atomic E-state index is 0.0660. The first-order valence-electron chi connectivity index (χ1n) is 13.4. The van der Waals surface area contributed by atoms with Gasteiger partial charge in [0.2, 0.25) is 11.8 Å². The van der Waals surface area contributed by atoms with Gasteiger partial charge in [-0.1, -0.05) is 30.9 Å². The first-order chi connectivity index (χ1) is 17.4. The van der Waals surface area contributed by atoms with E-state index in [1.54, 1.807) is 6.92 Å². The minimum atomic E-state index is 0.0660. The van der Waals surface area contributed by atoms with Crippen LogP contribution in [-0.2, 0) is 9.59 Å². The lowest BCUT2D eigenvalue weighted by molar-refractivity contribution is -0.136. The molecule has 2 aliphatic heterocycles. The van der Waals surface area contributed by atoms with Crippen LogP contribution < -0.4 is 15.1 Å². The van der Waals surface area contributed by atoms with E-state index in [0.717, 1.165) is 68.1 Å². The summed E-state index contributed by atoms with van der Waals surface area (Å²) in [6, 6.07) is 14.4. The summed E-state index contributed by atoms with van der Waals surface area (Å²) in [4.78, 5) is 31.9. The van der Waals surface area contributed by atoms with Crippen molar-refractivity contribution in [2.45, 2.75) is 64.5 Å². The number of benzene rings is 2. The highest BCUT2D eigenvalue weighted by atomic mass is 35.5. The summed E-state index contributed by atoms with van der Waals surface area (Å²) in [6.07, 6.45) is 6.57. The van der Waals surface area contributed by atoms with Crippen LogP contribution in [0.1, 0.15) is 64.0 Å². The molecular weight excluding hydrogens is 472 g/mol. The maximum Gasteiger partial charge on any atom is 0.225 e. The summed E-state index contributed by atoms with van der Waals surface area (Å²) in [7, 11) is 0. The number of piperazine rings is 1. The average molecular weight is 509 g/mol. The summed E-state index contributed by atoms with van der Waals surface area (Å²) in [5.74, 6) is 0.655. The van der Waals surface area contributed by atoms with Gasteiger partial charge in [-0.25, -0.2) is 0 Å². The molecule has 0 spiro atoms. The smallest absolute Gasteiger partial charge is 0.225 e. The fraction of sp³-hybridized carbons (Fsp3) is 0.517.